The van der Waals surface area contributed by atoms with E-state index in [1.165, 1.54) is 0 Å². The molecule has 8 heterocycles. The number of esters is 4. The molecule has 16 unspecified atom stereocenters. The molecule has 0 amide bonds. The van der Waals surface area contributed by atoms with Crippen LogP contribution in [-0.4, -0.2) is 201 Å². The number of hydrogen-bond donors (Lipinski definition) is 4. The van der Waals surface area contributed by atoms with Crippen LogP contribution in [0.15, 0.2) is 48.4 Å². The van der Waals surface area contributed by atoms with Crippen LogP contribution >= 0.6 is 0 Å². The Kier molecular flexibility index (Phi) is 11.6. The van der Waals surface area contributed by atoms with E-state index >= 15 is 0 Å². The molecule has 0 saturated carbocycles. The molecule has 4 aromatic rings. The summed E-state index contributed by atoms with van der Waals surface area (Å²) >= 11 is 0. The van der Waals surface area contributed by atoms with Crippen molar-refractivity contribution >= 4 is 23.9 Å². The Hall–Kier alpha value is -7.16. The van der Waals surface area contributed by atoms with Crippen molar-refractivity contribution < 1.29 is 199 Å². The van der Waals surface area contributed by atoms with Crippen molar-refractivity contribution in [1.29, 1.82) is 0 Å². The highest BCUT2D eigenvalue weighted by Crippen LogP contribution is 2.50. The number of carbonyl (C=O) groups excluding carboxylic acids is 4. The van der Waals surface area contributed by atoms with Crippen LogP contribution in [0.2, 0.25) is 0 Å². The lowest BCUT2D eigenvalue weighted by molar-refractivity contribution is -0.161. The topological polar surface area (TPSA) is 296 Å². The summed E-state index contributed by atoms with van der Waals surface area (Å²) in [5.41, 5.74) is 19.4. The number of piperidine rings is 4. The molecule has 8 aliphatic heterocycles. The van der Waals surface area contributed by atoms with Crippen molar-refractivity contribution in [3.63, 3.8) is 0 Å². The number of hydrogen-bond acceptors (Lipinski definition) is 24. The lowest BCUT2D eigenvalue weighted by Crippen LogP contribution is -2.51. The fourth-order valence-corrected chi connectivity index (χ4v) is 12.3. The molecule has 4 saturated heterocycles. The molecule has 0 aliphatic carbocycles. The second-order valence-electron chi connectivity index (χ2n) is 26.0. The minimum Gasteiger partial charge on any atom is -0.493 e. The Morgan fingerprint density at radius 1 is 0.392 bits per heavy atom. The minimum absolute atomic E-state index is 0.111. The normalized spacial score (nSPS) is 48.2. The van der Waals surface area contributed by atoms with Gasteiger partial charge in [-0.05, 0) is 191 Å². The van der Waals surface area contributed by atoms with Gasteiger partial charge in [0.1, 0.15) is 48.5 Å². The van der Waals surface area contributed by atoms with Crippen LogP contribution in [0.4, 0.5) is 0 Å². The maximum atomic E-state index is 13.9. The lowest BCUT2D eigenvalue weighted by atomic mass is 9.79. The molecule has 0 aromatic heterocycles. The Bertz CT molecular complexity index is 7990. The maximum absolute atomic E-state index is 13.9. The fourth-order valence-electron chi connectivity index (χ4n) is 12.3. The number of benzene rings is 4. The number of fused-ring (bicyclic) bond motifs is 12. The summed E-state index contributed by atoms with van der Waals surface area (Å²) in [4.78, 5) is 57.1. The van der Waals surface area contributed by atoms with Gasteiger partial charge < -0.3 is 79.8 Å². The van der Waals surface area contributed by atoms with Crippen molar-refractivity contribution in [3.8, 4) is 46.0 Å². The molecule has 8 aliphatic rings. The van der Waals surface area contributed by atoms with E-state index in [0.717, 1.165) is 54.8 Å². The minimum atomic E-state index is -4.78. The van der Waals surface area contributed by atoms with E-state index < -0.39 is 473 Å². The first kappa shape index (κ1) is 31.8. The van der Waals surface area contributed by atoms with E-state index in [2.05, 4.69) is 0 Å². The van der Waals surface area contributed by atoms with E-state index in [4.69, 9.17) is 173 Å². The first-order valence-electron chi connectivity index (χ1n) is 80.4. The molecule has 8 N–H and O–H groups in total. The quantitative estimate of drug-likeness (QED) is 0.0303. The molecule has 672 valence electrons. The molecule has 12 rings (SSSR count). The predicted molar refractivity (Wildman–Crippen MR) is 471 cm³/mol. The van der Waals surface area contributed by atoms with Crippen molar-refractivity contribution in [2.24, 2.45) is 93.7 Å². The zero-order valence-electron chi connectivity index (χ0n) is 156. The predicted octanol–water partition coefficient (Wildman–Crippen LogP) is 14.3. The van der Waals surface area contributed by atoms with Crippen molar-refractivity contribution in [2.75, 3.05) is 109 Å². The van der Waals surface area contributed by atoms with Gasteiger partial charge in [0.05, 0.1) is 81.4 Å². The summed E-state index contributed by atoms with van der Waals surface area (Å²) < 4.78 is 816. The van der Waals surface area contributed by atoms with Crippen molar-refractivity contribution in [1.82, 2.24) is 19.6 Å². The summed E-state index contributed by atoms with van der Waals surface area (Å²) in [6.07, 6.45) is -48.6. The monoisotopic (exact) mass is 1760 g/mol. The summed E-state index contributed by atoms with van der Waals surface area (Å²) in [5.74, 6) is -63.0. The third-order valence-electron chi connectivity index (χ3n) is 17.8. The first-order valence-corrected chi connectivity index (χ1v) is 35.4. The SMILES string of the molecule is [2H]C([2H])([2H])Oc1cc2c(cc1OC)C1([2H])N(CC2)C([2H])([2H])C([2H])(C([2H])([2H])C([2H])(C)C([2H])([2H])[2H])C([2H])(OC(=O)[C@@]([2H])(N)C([2H])(C([2H])([2H])[2H])C([2H])([2H])[2H])C1([2H])[2H].[2H]c1c2c(c([2H])c(OC)c1OC([2H])([2H])[2H])C1N(CC2)C([2H])([2H])C([2H])(C([2H])([2H])C([2H])(C)C([2H])([2H])[2H])C(OC(=O)[C@@]([2H])(N)C([2H])(C([2H])([2H])[2H])C([2H])([2H])[2H])C1([2H])[2H].[2H]c1c2c(c([2H])c(OC)c1OC)C1N(CC2)C([2H])([2H])C([2H])(C([2H])([2H])C([2H])(C)C([2H])([2H])[2H])C(OC(=O)[C@@]([2H])(N)C([2H])(C([2H])([2H])[2H])C([2H])([2H])[2H])C1([2H])[2H].[2H]c1c2c(c([2H])c(OC)c1OC)C1N(CC2)C([2H])([2H])C([2H])(C([2H])([2H])C([2H])(C)C([2H])([2H])[2H])C(OC(=O)[C@@]([2H])(N)C([2H])(C([2H])([2H])[2H])C([2H])([2H])[2H])C1([2H])[2H]. The van der Waals surface area contributed by atoms with Gasteiger partial charge in [-0.15, -0.1) is 0 Å². The van der Waals surface area contributed by atoms with Gasteiger partial charge in [-0.3, -0.25) is 38.8 Å². The number of ether oxygens (including phenoxy) is 12. The highest BCUT2D eigenvalue weighted by Gasteiger charge is 2.47. The second kappa shape index (κ2) is 43.9. The van der Waals surface area contributed by atoms with E-state index in [-0.39, 0.29) is 51.5 Å². The largest absolute Gasteiger partial charge is 0.493 e. The van der Waals surface area contributed by atoms with E-state index in [9.17, 15) is 49.3 Å². The van der Waals surface area contributed by atoms with Crippen LogP contribution in [0.1, 0.15) is 353 Å². The number of nitrogens with zero attached hydrogens (tertiary/aromatic N) is 4. The molecule has 24 nitrogen and oxygen atoms in total. The number of carbonyl (C=O) groups is 4. The Labute approximate surface area is 845 Å². The van der Waals surface area contributed by atoms with Gasteiger partial charge in [0, 0.05) is 224 Å². The van der Waals surface area contributed by atoms with Crippen LogP contribution in [0.5, 0.6) is 46.0 Å². The summed E-state index contributed by atoms with van der Waals surface area (Å²) in [7, 11) is 0.0408. The van der Waals surface area contributed by atoms with Crippen LogP contribution in [-0.2, 0) is 63.8 Å². The smallest absolute Gasteiger partial charge is 0.323 e. The number of rotatable bonds is 28. The van der Waals surface area contributed by atoms with E-state index in [1.54, 1.807) is 0 Å². The zero-order chi connectivity index (χ0) is 166. The Morgan fingerprint density at radius 3 is 1.02 bits per heavy atom. The van der Waals surface area contributed by atoms with Crippen LogP contribution < -0.4 is 60.8 Å². The molecule has 0 radical (unpaired) electrons. The Morgan fingerprint density at radius 2 is 0.683 bits per heavy atom. The molecular formula is C96H152N8O16. The van der Waals surface area contributed by atoms with Gasteiger partial charge in [0.2, 0.25) is 0 Å². The van der Waals surface area contributed by atoms with Gasteiger partial charge in [-0.2, -0.15) is 0 Å². The van der Waals surface area contributed by atoms with Crippen molar-refractivity contribution in [3.05, 3.63) is 92.9 Å². The van der Waals surface area contributed by atoms with Crippen LogP contribution in [0.3, 0.4) is 0 Å². The molecule has 120 heavy (non-hydrogen) atoms. The van der Waals surface area contributed by atoms with Crippen molar-refractivity contribution in [2.45, 2.75) is 259 Å². The molecule has 0 spiro atoms. The second-order valence-corrected chi connectivity index (χ2v) is 26.0. The van der Waals surface area contributed by atoms with Gasteiger partial charge in [-0.1, -0.05) is 110 Å². The molecule has 4 aromatic carbocycles. The van der Waals surface area contributed by atoms with Crippen LogP contribution in [0, 0.1) is 70.7 Å². The van der Waals surface area contributed by atoms with Gasteiger partial charge in [0.15, 0.2) is 46.0 Å². The standard InChI is InChI=1S/4C24H38N2O4/c4*1-14(2)9-17-13-26-8-7-16-10-21(28-5)22(29-6)11-18(16)19(26)12-20(17)30-24(27)23(25)15(3)4/h4*10-11,14-15,17,19-20,23H,7-9,12-13,25H2,1-6H3/t4*17?,19?,20?,23-/m0000/s1/i1D3,3D3,4D3,5D3,9D2,12D2,13D2,14D,15D,17D,19D,20D,23D;1D3,3D3,4D3,5D3,9D2,10D,11D,12D2,13D2,14D,15D,17D,23D;2*1D3,3D3,4D3,9D2,10D,11D,12D2,13D2,14D,15D,17D,23D/t4*14?,17?,19?,20?,23-. The van der Waals surface area contributed by atoms with Gasteiger partial charge in [-0.25, -0.2) is 0 Å². The maximum Gasteiger partial charge on any atom is 0.323 e. The molecule has 0 bridgehead atoms. The highest BCUT2D eigenvalue weighted by molar-refractivity contribution is 5.77. The average molecular weight is 1760 g/mol. The van der Waals surface area contributed by atoms with E-state index in [1.807, 2.05) is 0 Å². The van der Waals surface area contributed by atoms with Crippen LogP contribution in [0.25, 0.3) is 0 Å². The average Bonchev–Trinajstić information content (AvgIpc) is 0.635. The van der Waals surface area contributed by atoms with E-state index in [0.29, 0.717) is 42.4 Å². The molecule has 20 atom stereocenters. The zero-order valence-corrected chi connectivity index (χ0v) is 65.9. The highest BCUT2D eigenvalue weighted by atomic mass is 16.6. The molecule has 4 fully saturated rings. The fraction of sp³-hybridized carbons (Fsp3) is 0.708. The Balaban J connectivity index is 0.000000302. The summed E-state index contributed by atoms with van der Waals surface area (Å²) in [6.45, 7) is -64.4. The first-order chi connectivity index (χ1) is 92.0. The third kappa shape index (κ3) is 23.8. The van der Waals surface area contributed by atoms with Gasteiger partial charge >= 0.3 is 23.9 Å². The van der Waals surface area contributed by atoms with Gasteiger partial charge in [0.25, 0.3) is 0 Å². The third-order valence-corrected chi connectivity index (χ3v) is 17.8. The molecule has 24 heteroatoms. The summed E-state index contributed by atoms with van der Waals surface area (Å²) in [6, 6.07) is -29.8. The molecular weight excluding hydrogens is 1520 g/mol. The number of methoxy groups -OCH3 is 8. The lowest BCUT2D eigenvalue weighted by Gasteiger charge is -2.47. The number of nitrogens with two attached hydrogens (primary N) is 4. The summed E-state index contributed by atoms with van der Waals surface area (Å²) in [5, 5.41) is 0.